The van der Waals surface area contributed by atoms with Crippen LogP contribution in [0.15, 0.2) is 0 Å². The molecular weight excluding hydrogens is 705 g/mol. The smallest absolute Gasteiger partial charge is 0.0476 e. The van der Waals surface area contributed by atoms with Crippen LogP contribution < -0.4 is 20.4 Å². The molecule has 0 aliphatic rings. The third-order valence-corrected chi connectivity index (χ3v) is 12.0. The molecule has 0 aliphatic carbocycles. The van der Waals surface area contributed by atoms with Gasteiger partial charge in [0.25, 0.3) is 0 Å². The first-order valence-corrected chi connectivity index (χ1v) is 23.8. The second-order valence-electron chi connectivity index (χ2n) is 17.1. The van der Waals surface area contributed by atoms with Crippen LogP contribution in [-0.2, 0) is 19.2 Å². The molecule has 0 N–H and O–H groups in total. The van der Waals surface area contributed by atoms with Crippen LogP contribution in [-0.4, -0.2) is 23.9 Å². The topological polar surface area (TPSA) is 161 Å². The molecule has 0 aliphatic heterocycles. The standard InChI is InChI=1S/C26H50O4.C22H42O4/c1-3-5-7-9-13-17-21-26(25(29)30,22-18-14-10-8-6-4-2)23-19-15-11-12-16-20-24(27)28;1-3-5-7-9-11-13-17-22(21(25)26,19-15-16-20(23)24)18-14-12-10-8-6-4-2/h3-23H2,1-2H3,(H,27,28)(H,29,30);3-19H2,1-2H3,(H,23,24)(H,25,26)/p-4. The summed E-state index contributed by atoms with van der Waals surface area (Å²) >= 11 is 0. The number of carbonyl (C=O) groups is 4. The summed E-state index contributed by atoms with van der Waals surface area (Å²) in [6.45, 7) is 8.78. The van der Waals surface area contributed by atoms with Crippen LogP contribution in [0.25, 0.3) is 0 Å². The van der Waals surface area contributed by atoms with E-state index in [2.05, 4.69) is 27.7 Å². The normalized spacial score (nSPS) is 11.6. The number of carboxylic acid groups (broad SMARTS) is 4. The Balaban J connectivity index is 0. The number of aliphatic carboxylic acids is 4. The molecular formula is C48H88O8-4. The Morgan fingerprint density at radius 2 is 0.482 bits per heavy atom. The minimum absolute atomic E-state index is 0.0674. The molecule has 0 heterocycles. The molecule has 0 aromatic heterocycles. The van der Waals surface area contributed by atoms with Gasteiger partial charge >= 0.3 is 0 Å². The van der Waals surface area contributed by atoms with E-state index in [4.69, 9.17) is 0 Å². The van der Waals surface area contributed by atoms with Gasteiger partial charge in [-0.15, -0.1) is 0 Å². The fraction of sp³-hybridized carbons (Fsp3) is 0.917. The fourth-order valence-electron chi connectivity index (χ4n) is 8.17. The maximum atomic E-state index is 12.2. The molecule has 8 heteroatoms. The molecule has 332 valence electrons. The summed E-state index contributed by atoms with van der Waals surface area (Å²) < 4.78 is 0. The molecule has 56 heavy (non-hydrogen) atoms. The molecule has 0 aromatic carbocycles. The molecule has 0 bridgehead atoms. The van der Waals surface area contributed by atoms with Gasteiger partial charge < -0.3 is 39.6 Å². The van der Waals surface area contributed by atoms with E-state index in [9.17, 15) is 39.6 Å². The highest BCUT2D eigenvalue weighted by atomic mass is 16.4. The molecule has 8 nitrogen and oxygen atoms in total. The van der Waals surface area contributed by atoms with Crippen LogP contribution in [0.1, 0.15) is 272 Å². The quantitative estimate of drug-likeness (QED) is 0.0552. The number of hydrogen-bond donors (Lipinski definition) is 0. The molecule has 0 rings (SSSR count). The number of hydrogen-bond acceptors (Lipinski definition) is 8. The van der Waals surface area contributed by atoms with Crippen LogP contribution in [0.4, 0.5) is 0 Å². The van der Waals surface area contributed by atoms with Gasteiger partial charge in [-0.2, -0.15) is 0 Å². The van der Waals surface area contributed by atoms with Gasteiger partial charge in [0.1, 0.15) is 0 Å². The molecule has 0 atom stereocenters. The van der Waals surface area contributed by atoms with Gasteiger partial charge in [0, 0.05) is 34.7 Å². The summed E-state index contributed by atoms with van der Waals surface area (Å²) in [6, 6.07) is 0. The minimum atomic E-state index is -1.10. The Morgan fingerprint density at radius 1 is 0.286 bits per heavy atom. The van der Waals surface area contributed by atoms with Crippen LogP contribution in [0.2, 0.25) is 0 Å². The van der Waals surface area contributed by atoms with E-state index in [1.54, 1.807) is 0 Å². The van der Waals surface area contributed by atoms with E-state index in [1.165, 1.54) is 89.9 Å². The van der Waals surface area contributed by atoms with Crippen molar-refractivity contribution in [3.05, 3.63) is 0 Å². The van der Waals surface area contributed by atoms with Gasteiger partial charge in [-0.1, -0.05) is 207 Å². The predicted octanol–water partition coefficient (Wildman–Crippen LogP) is 9.85. The Hall–Kier alpha value is -2.12. The molecule has 0 amide bonds. The third-order valence-electron chi connectivity index (χ3n) is 12.0. The molecule has 0 saturated carbocycles. The van der Waals surface area contributed by atoms with Crippen LogP contribution in [0.5, 0.6) is 0 Å². The van der Waals surface area contributed by atoms with Crippen molar-refractivity contribution in [2.24, 2.45) is 10.8 Å². The van der Waals surface area contributed by atoms with E-state index in [-0.39, 0.29) is 12.8 Å². The maximum absolute atomic E-state index is 12.2. The summed E-state index contributed by atoms with van der Waals surface area (Å²) in [5, 5.41) is 45.3. The first-order valence-electron chi connectivity index (χ1n) is 23.8. The van der Waals surface area contributed by atoms with Crippen molar-refractivity contribution in [1.29, 1.82) is 0 Å². The summed E-state index contributed by atoms with van der Waals surface area (Å²) in [5.41, 5.74) is -1.52. The van der Waals surface area contributed by atoms with Gasteiger partial charge in [0.2, 0.25) is 0 Å². The summed E-state index contributed by atoms with van der Waals surface area (Å²) in [5.74, 6) is -3.92. The van der Waals surface area contributed by atoms with Crippen LogP contribution in [0.3, 0.4) is 0 Å². The van der Waals surface area contributed by atoms with E-state index in [0.717, 1.165) is 103 Å². The molecule has 0 saturated heterocycles. The van der Waals surface area contributed by atoms with Gasteiger partial charge in [-0.05, 0) is 64.2 Å². The third kappa shape index (κ3) is 32.9. The Kier molecular flexibility index (Phi) is 39.7. The average Bonchev–Trinajstić information content (AvgIpc) is 3.16. The molecule has 0 unspecified atom stereocenters. The molecule has 0 spiro atoms. The highest BCUT2D eigenvalue weighted by molar-refractivity contribution is 5.73. The second kappa shape index (κ2) is 39.7. The van der Waals surface area contributed by atoms with Crippen molar-refractivity contribution >= 4 is 23.9 Å². The Bertz CT molecular complexity index is 900. The summed E-state index contributed by atoms with van der Waals surface area (Å²) in [4.78, 5) is 45.3. The fourth-order valence-corrected chi connectivity index (χ4v) is 8.17. The monoisotopic (exact) mass is 793 g/mol. The van der Waals surface area contributed by atoms with Crippen molar-refractivity contribution < 1.29 is 39.6 Å². The molecule has 0 aromatic rings. The van der Waals surface area contributed by atoms with Gasteiger partial charge in [0.05, 0.1) is 0 Å². The van der Waals surface area contributed by atoms with Crippen molar-refractivity contribution in [1.82, 2.24) is 0 Å². The lowest BCUT2D eigenvalue weighted by Gasteiger charge is -2.35. The summed E-state index contributed by atoms with van der Waals surface area (Å²) in [6.07, 6.45) is 36.1. The zero-order valence-corrected chi connectivity index (χ0v) is 37.1. The van der Waals surface area contributed by atoms with Crippen molar-refractivity contribution in [2.75, 3.05) is 0 Å². The van der Waals surface area contributed by atoms with Gasteiger partial charge in [-0.25, -0.2) is 0 Å². The average molecular weight is 793 g/mol. The molecule has 0 radical (unpaired) electrons. The van der Waals surface area contributed by atoms with Crippen molar-refractivity contribution in [3.63, 3.8) is 0 Å². The highest BCUT2D eigenvalue weighted by Gasteiger charge is 2.31. The zero-order chi connectivity index (χ0) is 42.2. The van der Waals surface area contributed by atoms with E-state index >= 15 is 0 Å². The predicted molar refractivity (Wildman–Crippen MR) is 223 cm³/mol. The van der Waals surface area contributed by atoms with E-state index < -0.39 is 34.7 Å². The van der Waals surface area contributed by atoms with E-state index in [1.807, 2.05) is 0 Å². The zero-order valence-electron chi connectivity index (χ0n) is 37.1. The number of unbranched alkanes of at least 4 members (excludes halogenated alkanes) is 24. The highest BCUT2D eigenvalue weighted by Crippen LogP contribution is 2.38. The minimum Gasteiger partial charge on any atom is -0.550 e. The van der Waals surface area contributed by atoms with Crippen LogP contribution >= 0.6 is 0 Å². The van der Waals surface area contributed by atoms with Gasteiger partial charge in [-0.3, -0.25) is 0 Å². The molecule has 0 fully saturated rings. The van der Waals surface area contributed by atoms with Crippen molar-refractivity contribution in [2.45, 2.75) is 272 Å². The Labute approximate surface area is 345 Å². The lowest BCUT2D eigenvalue weighted by Crippen LogP contribution is -2.42. The largest absolute Gasteiger partial charge is 0.550 e. The number of rotatable bonds is 42. The van der Waals surface area contributed by atoms with Crippen molar-refractivity contribution in [3.8, 4) is 0 Å². The lowest BCUT2D eigenvalue weighted by atomic mass is 9.74. The van der Waals surface area contributed by atoms with Gasteiger partial charge in [0.15, 0.2) is 0 Å². The lowest BCUT2D eigenvalue weighted by molar-refractivity contribution is -0.322. The SMILES string of the molecule is CCCCCCCCC(CCCCCCCC)(CCCC(=O)[O-])C(=O)[O-].CCCCCCCCC(CCCCCCCC)(CCCCCCCC(=O)[O-])C(=O)[O-]. The van der Waals surface area contributed by atoms with E-state index in [0.29, 0.717) is 38.5 Å². The number of carbonyl (C=O) groups excluding carboxylic acids is 4. The second-order valence-corrected chi connectivity index (χ2v) is 17.1. The first kappa shape index (κ1) is 56.0. The van der Waals surface area contributed by atoms with Crippen LogP contribution in [0, 0.1) is 10.8 Å². The summed E-state index contributed by atoms with van der Waals surface area (Å²) in [7, 11) is 0. The first-order chi connectivity index (χ1) is 27.0. The maximum Gasteiger partial charge on any atom is 0.0476 e. The number of carboxylic acids is 4. The Morgan fingerprint density at radius 3 is 0.714 bits per heavy atom.